The molecule has 6 heteroatoms. The third-order valence-corrected chi connectivity index (χ3v) is 3.99. The zero-order valence-electron chi connectivity index (χ0n) is 12.8. The maximum atomic E-state index is 11.5. The van der Waals surface area contributed by atoms with Crippen molar-refractivity contribution in [1.82, 2.24) is 15.1 Å². The van der Waals surface area contributed by atoms with E-state index in [0.29, 0.717) is 18.3 Å². The van der Waals surface area contributed by atoms with E-state index in [1.165, 1.54) is 0 Å². The van der Waals surface area contributed by atoms with Crippen molar-refractivity contribution in [3.05, 3.63) is 30.2 Å². The summed E-state index contributed by atoms with van der Waals surface area (Å²) in [7, 11) is 1.63. The van der Waals surface area contributed by atoms with E-state index in [-0.39, 0.29) is 11.8 Å². The fourth-order valence-electron chi connectivity index (χ4n) is 2.71. The minimum atomic E-state index is 0.0968. The first-order valence-corrected chi connectivity index (χ1v) is 7.40. The van der Waals surface area contributed by atoms with E-state index in [1.807, 2.05) is 29.2 Å². The van der Waals surface area contributed by atoms with Gasteiger partial charge in [-0.05, 0) is 37.1 Å². The molecule has 1 fully saturated rings. The third kappa shape index (κ3) is 2.95. The van der Waals surface area contributed by atoms with Gasteiger partial charge in [0.25, 0.3) is 0 Å². The van der Waals surface area contributed by atoms with E-state index in [4.69, 9.17) is 9.15 Å². The number of hydrogen-bond acceptors (Lipinski definition) is 5. The summed E-state index contributed by atoms with van der Waals surface area (Å²) in [5.74, 6) is 2.11. The Morgan fingerprint density at radius 1 is 1.32 bits per heavy atom. The molecule has 1 aromatic carbocycles. The normalized spacial score (nSPS) is 18.3. The highest BCUT2D eigenvalue weighted by atomic mass is 16.5. The van der Waals surface area contributed by atoms with E-state index < -0.39 is 0 Å². The Bertz CT molecular complexity index is 651. The van der Waals surface area contributed by atoms with Gasteiger partial charge >= 0.3 is 0 Å². The summed E-state index contributed by atoms with van der Waals surface area (Å²) in [6.45, 7) is 3.06. The summed E-state index contributed by atoms with van der Waals surface area (Å²) in [5.41, 5.74) is 0.860. The molecule has 0 spiro atoms. The number of aromatic nitrogens is 2. The lowest BCUT2D eigenvalue weighted by Gasteiger charge is -2.30. The molecule has 0 bridgehead atoms. The van der Waals surface area contributed by atoms with E-state index in [9.17, 15) is 4.79 Å². The molecule has 0 N–H and O–H groups in total. The van der Waals surface area contributed by atoms with Crippen LogP contribution in [0.25, 0.3) is 11.5 Å². The average Bonchev–Trinajstić information content (AvgIpc) is 3.05. The number of carbonyl (C=O) groups excluding carboxylic acids is 1. The van der Waals surface area contributed by atoms with Crippen LogP contribution in [0.5, 0.6) is 5.75 Å². The van der Waals surface area contributed by atoms with Crippen molar-refractivity contribution in [2.75, 3.05) is 20.2 Å². The van der Waals surface area contributed by atoms with Gasteiger partial charge < -0.3 is 14.1 Å². The topological polar surface area (TPSA) is 68.5 Å². The van der Waals surface area contributed by atoms with Crippen LogP contribution in [0.15, 0.2) is 28.7 Å². The summed E-state index contributed by atoms with van der Waals surface area (Å²) in [4.78, 5) is 13.3. The minimum Gasteiger partial charge on any atom is -0.497 e. The first kappa shape index (κ1) is 14.6. The Hall–Kier alpha value is -2.37. The van der Waals surface area contributed by atoms with Gasteiger partial charge in [-0.3, -0.25) is 4.79 Å². The molecule has 6 nitrogen and oxygen atoms in total. The molecule has 1 amide bonds. The second-order valence-electron chi connectivity index (χ2n) is 5.48. The van der Waals surface area contributed by atoms with Crippen molar-refractivity contribution >= 4 is 5.91 Å². The van der Waals surface area contributed by atoms with Gasteiger partial charge in [0.1, 0.15) is 5.75 Å². The largest absolute Gasteiger partial charge is 0.497 e. The Kier molecular flexibility index (Phi) is 4.09. The number of piperidine rings is 1. The number of methoxy groups -OCH3 is 1. The number of rotatable bonds is 3. The zero-order chi connectivity index (χ0) is 15.5. The third-order valence-electron chi connectivity index (χ3n) is 3.99. The number of carbonyl (C=O) groups is 1. The van der Waals surface area contributed by atoms with Gasteiger partial charge in [-0.2, -0.15) is 0 Å². The highest BCUT2D eigenvalue weighted by Gasteiger charge is 2.27. The van der Waals surface area contributed by atoms with Crippen LogP contribution in [0.1, 0.15) is 31.6 Å². The Morgan fingerprint density at radius 2 is 2.09 bits per heavy atom. The van der Waals surface area contributed by atoms with Crippen molar-refractivity contribution < 1.29 is 13.9 Å². The minimum absolute atomic E-state index is 0.0968. The molecule has 0 unspecified atom stereocenters. The standard InChI is InChI=1S/C16H19N3O3/c1-11(20)19-9-3-4-13(10-19)16-18-17-15(22-16)12-5-7-14(21-2)8-6-12/h5-8,13H,3-4,9-10H2,1-2H3/t13-/m0/s1. The molecule has 1 aliphatic heterocycles. The molecule has 1 aromatic heterocycles. The monoisotopic (exact) mass is 301 g/mol. The first-order chi connectivity index (χ1) is 10.7. The molecule has 0 radical (unpaired) electrons. The van der Waals surface area contributed by atoms with Gasteiger partial charge in [0, 0.05) is 25.6 Å². The van der Waals surface area contributed by atoms with Gasteiger partial charge in [0.15, 0.2) is 0 Å². The number of nitrogens with zero attached hydrogens (tertiary/aromatic N) is 3. The lowest BCUT2D eigenvalue weighted by atomic mass is 9.98. The summed E-state index contributed by atoms with van der Waals surface area (Å²) < 4.78 is 10.9. The fourth-order valence-corrected chi connectivity index (χ4v) is 2.71. The summed E-state index contributed by atoms with van der Waals surface area (Å²) in [5, 5.41) is 8.29. The van der Waals surface area contributed by atoms with Crippen molar-refractivity contribution in [2.45, 2.75) is 25.7 Å². The maximum Gasteiger partial charge on any atom is 0.247 e. The SMILES string of the molecule is COc1ccc(-c2nnc([C@H]3CCCN(C(C)=O)C3)o2)cc1. The number of benzene rings is 1. The van der Waals surface area contributed by atoms with Crippen molar-refractivity contribution in [3.63, 3.8) is 0 Å². The van der Waals surface area contributed by atoms with Crippen molar-refractivity contribution in [3.8, 4) is 17.2 Å². The summed E-state index contributed by atoms with van der Waals surface area (Å²) in [6.07, 6.45) is 1.93. The summed E-state index contributed by atoms with van der Waals surface area (Å²) in [6, 6.07) is 7.49. The number of amides is 1. The van der Waals surface area contributed by atoms with Gasteiger partial charge in [-0.25, -0.2) is 0 Å². The molecule has 116 valence electrons. The van der Waals surface area contributed by atoms with Crippen molar-refractivity contribution in [2.24, 2.45) is 0 Å². The van der Waals surface area contributed by atoms with E-state index in [2.05, 4.69) is 10.2 Å². The highest BCUT2D eigenvalue weighted by molar-refractivity contribution is 5.73. The molecular weight excluding hydrogens is 282 g/mol. The van der Waals surface area contributed by atoms with Crippen molar-refractivity contribution in [1.29, 1.82) is 0 Å². The fraction of sp³-hybridized carbons (Fsp3) is 0.438. The molecule has 1 aliphatic rings. The van der Waals surface area contributed by atoms with Crippen LogP contribution < -0.4 is 4.74 Å². The van der Waals surface area contributed by atoms with Crippen LogP contribution in [-0.2, 0) is 4.79 Å². The Labute approximate surface area is 129 Å². The highest BCUT2D eigenvalue weighted by Crippen LogP contribution is 2.29. The van der Waals surface area contributed by atoms with Crippen LogP contribution in [0.2, 0.25) is 0 Å². The number of hydrogen-bond donors (Lipinski definition) is 0. The van der Waals surface area contributed by atoms with Crippen LogP contribution in [0.3, 0.4) is 0 Å². The second-order valence-corrected chi connectivity index (χ2v) is 5.48. The summed E-state index contributed by atoms with van der Waals surface area (Å²) >= 11 is 0. The molecule has 3 rings (SSSR count). The zero-order valence-corrected chi connectivity index (χ0v) is 12.8. The average molecular weight is 301 g/mol. The Balaban J connectivity index is 1.76. The number of likely N-dealkylation sites (tertiary alicyclic amines) is 1. The molecular formula is C16H19N3O3. The molecule has 2 heterocycles. The van der Waals surface area contributed by atoms with E-state index in [0.717, 1.165) is 30.7 Å². The molecule has 0 saturated carbocycles. The maximum absolute atomic E-state index is 11.5. The quantitative estimate of drug-likeness (QED) is 0.871. The van der Waals surface area contributed by atoms with E-state index in [1.54, 1.807) is 14.0 Å². The van der Waals surface area contributed by atoms with E-state index >= 15 is 0 Å². The predicted molar refractivity (Wildman–Crippen MR) is 80.5 cm³/mol. The molecule has 2 aromatic rings. The lowest BCUT2D eigenvalue weighted by molar-refractivity contribution is -0.130. The molecule has 1 atom stereocenters. The molecule has 1 saturated heterocycles. The van der Waals surface area contributed by atoms with Crippen LogP contribution in [0, 0.1) is 0 Å². The van der Waals surface area contributed by atoms with Crippen LogP contribution in [0.4, 0.5) is 0 Å². The molecule has 0 aliphatic carbocycles. The first-order valence-electron chi connectivity index (χ1n) is 7.40. The van der Waals surface area contributed by atoms with Gasteiger partial charge in [-0.15, -0.1) is 10.2 Å². The number of ether oxygens (including phenoxy) is 1. The van der Waals surface area contributed by atoms with Gasteiger partial charge in [0.2, 0.25) is 17.7 Å². The lowest BCUT2D eigenvalue weighted by Crippen LogP contribution is -2.37. The Morgan fingerprint density at radius 3 is 2.77 bits per heavy atom. The second kappa shape index (κ2) is 6.17. The van der Waals surface area contributed by atoms with Crippen LogP contribution in [-0.4, -0.2) is 41.2 Å². The predicted octanol–water partition coefficient (Wildman–Crippen LogP) is 2.47. The smallest absolute Gasteiger partial charge is 0.247 e. The van der Waals surface area contributed by atoms with Gasteiger partial charge in [-0.1, -0.05) is 0 Å². The van der Waals surface area contributed by atoms with Gasteiger partial charge in [0.05, 0.1) is 13.0 Å². The molecule has 22 heavy (non-hydrogen) atoms. The van der Waals surface area contributed by atoms with Crippen LogP contribution >= 0.6 is 0 Å².